The maximum atomic E-state index is 14.2. The second kappa shape index (κ2) is 8.77. The van der Waals surface area contributed by atoms with Gasteiger partial charge in [0.1, 0.15) is 10.5 Å². The minimum absolute atomic E-state index is 0.0662. The largest absolute Gasteiger partial charge is 0.418 e. The van der Waals surface area contributed by atoms with Crippen molar-refractivity contribution in [1.29, 1.82) is 0 Å². The van der Waals surface area contributed by atoms with Gasteiger partial charge in [-0.15, -0.1) is 21.5 Å². The Morgan fingerprint density at radius 2 is 1.97 bits per heavy atom. The SMILES string of the molecule is O=c1n(-c2cccc([C@H](c3nncs3)C3CCC3)c2)cc2c(C(F)(F)F)cc(CN3CCC4(CC4)C3)cn12. The molecule has 1 saturated heterocycles. The second-order valence-electron chi connectivity index (χ2n) is 11.3. The van der Waals surface area contributed by atoms with Crippen LogP contribution in [0.15, 0.2) is 53.0 Å². The average Bonchev–Trinajstić information content (AvgIpc) is 3.18. The standard InChI is InChI=1S/C28H28F3N5OS/c29-28(30,31)22-11-18(13-34-10-9-27(16-34)7-8-27)14-36-23(22)15-35(26(36)37)21-6-2-5-20(12-21)24(19-3-1-4-19)25-33-32-17-38-25/h2,5-6,11-12,14-15,17,19,24H,1,3-4,7-10,13,16H2/t24-/m1/s1. The van der Waals surface area contributed by atoms with Gasteiger partial charge in [-0.3, -0.25) is 13.9 Å². The molecule has 1 aromatic carbocycles. The Morgan fingerprint density at radius 3 is 2.63 bits per heavy atom. The van der Waals surface area contributed by atoms with Gasteiger partial charge in [0.15, 0.2) is 0 Å². The van der Waals surface area contributed by atoms with E-state index in [1.54, 1.807) is 17.8 Å². The number of hydrogen-bond donors (Lipinski definition) is 0. The molecule has 38 heavy (non-hydrogen) atoms. The quantitative estimate of drug-likeness (QED) is 0.307. The zero-order chi connectivity index (χ0) is 26.1. The minimum atomic E-state index is -4.57. The maximum Gasteiger partial charge on any atom is 0.418 e. The highest BCUT2D eigenvalue weighted by molar-refractivity contribution is 7.09. The van der Waals surface area contributed by atoms with Crippen LogP contribution in [0.3, 0.4) is 0 Å². The summed E-state index contributed by atoms with van der Waals surface area (Å²) in [5.74, 6) is 0.513. The lowest BCUT2D eigenvalue weighted by Gasteiger charge is -2.32. The van der Waals surface area contributed by atoms with Crippen molar-refractivity contribution in [3.8, 4) is 5.69 Å². The van der Waals surface area contributed by atoms with Gasteiger partial charge in [-0.25, -0.2) is 4.79 Å². The summed E-state index contributed by atoms with van der Waals surface area (Å²) < 4.78 is 45.1. The molecule has 1 spiro atoms. The van der Waals surface area contributed by atoms with Crippen LogP contribution in [0.1, 0.15) is 66.1 Å². The highest BCUT2D eigenvalue weighted by Crippen LogP contribution is 2.53. The van der Waals surface area contributed by atoms with E-state index in [-0.39, 0.29) is 11.4 Å². The summed E-state index contributed by atoms with van der Waals surface area (Å²) in [5.41, 5.74) is 2.77. The number of likely N-dealkylation sites (tertiary alicyclic amines) is 1. The molecule has 0 N–H and O–H groups in total. The van der Waals surface area contributed by atoms with E-state index in [9.17, 15) is 18.0 Å². The Labute approximate surface area is 221 Å². The molecule has 0 amide bonds. The van der Waals surface area contributed by atoms with Gasteiger partial charge in [0, 0.05) is 31.4 Å². The van der Waals surface area contributed by atoms with Crippen molar-refractivity contribution >= 4 is 16.9 Å². The molecule has 6 nitrogen and oxygen atoms in total. The van der Waals surface area contributed by atoms with Crippen molar-refractivity contribution in [2.24, 2.45) is 11.3 Å². The van der Waals surface area contributed by atoms with E-state index in [2.05, 4.69) is 15.1 Å². The predicted molar refractivity (Wildman–Crippen MR) is 139 cm³/mol. The summed E-state index contributed by atoms with van der Waals surface area (Å²) in [5, 5.41) is 9.27. The second-order valence-corrected chi connectivity index (χ2v) is 12.2. The van der Waals surface area contributed by atoms with Gasteiger partial charge in [-0.1, -0.05) is 18.6 Å². The number of fused-ring (bicyclic) bond motifs is 1. The number of imidazole rings is 1. The summed E-state index contributed by atoms with van der Waals surface area (Å²) >= 11 is 1.51. The lowest BCUT2D eigenvalue weighted by atomic mass is 9.73. The van der Waals surface area contributed by atoms with E-state index < -0.39 is 17.4 Å². The van der Waals surface area contributed by atoms with Crippen LogP contribution in [0.4, 0.5) is 13.2 Å². The van der Waals surface area contributed by atoms with Crippen LogP contribution in [-0.2, 0) is 12.7 Å². The van der Waals surface area contributed by atoms with E-state index in [1.165, 1.54) is 51.8 Å². The first-order valence-corrected chi connectivity index (χ1v) is 14.1. The van der Waals surface area contributed by atoms with Crippen LogP contribution in [0.25, 0.3) is 11.2 Å². The number of hydrogen-bond acceptors (Lipinski definition) is 5. The van der Waals surface area contributed by atoms with Gasteiger partial charge in [0.25, 0.3) is 0 Å². The van der Waals surface area contributed by atoms with Gasteiger partial charge in [-0.05, 0) is 79.3 Å². The van der Waals surface area contributed by atoms with Gasteiger partial charge in [-0.2, -0.15) is 13.2 Å². The summed E-state index contributed by atoms with van der Waals surface area (Å²) in [7, 11) is 0. The van der Waals surface area contributed by atoms with Crippen molar-refractivity contribution in [3.05, 3.63) is 80.4 Å². The molecule has 3 aromatic heterocycles. The van der Waals surface area contributed by atoms with Crippen LogP contribution in [0, 0.1) is 11.3 Å². The Bertz CT molecular complexity index is 1550. The molecule has 7 rings (SSSR count). The molecule has 0 bridgehead atoms. The van der Waals surface area contributed by atoms with E-state index in [1.807, 2.05) is 18.2 Å². The van der Waals surface area contributed by atoms with E-state index in [4.69, 9.17) is 0 Å². The fourth-order valence-electron chi connectivity index (χ4n) is 6.32. The first-order valence-electron chi connectivity index (χ1n) is 13.2. The summed E-state index contributed by atoms with van der Waals surface area (Å²) in [6, 6.07) is 8.78. The van der Waals surface area contributed by atoms with Crippen LogP contribution >= 0.6 is 11.3 Å². The van der Waals surface area contributed by atoms with Crippen molar-refractivity contribution < 1.29 is 13.2 Å². The maximum absolute atomic E-state index is 14.2. The Balaban J connectivity index is 1.29. The molecular formula is C28H28F3N5OS. The van der Waals surface area contributed by atoms with Crippen molar-refractivity contribution in [3.63, 3.8) is 0 Å². The fraction of sp³-hybridized carbons (Fsp3) is 0.464. The fourth-order valence-corrected chi connectivity index (χ4v) is 7.10. The lowest BCUT2D eigenvalue weighted by molar-refractivity contribution is -0.136. The van der Waals surface area contributed by atoms with Gasteiger partial charge in [0.05, 0.1) is 16.8 Å². The number of alkyl halides is 3. The predicted octanol–water partition coefficient (Wildman–Crippen LogP) is 5.88. The van der Waals surface area contributed by atoms with Crippen LogP contribution in [0.5, 0.6) is 0 Å². The monoisotopic (exact) mass is 539 g/mol. The molecule has 4 aromatic rings. The molecule has 4 heterocycles. The Kier molecular flexibility index (Phi) is 5.56. The number of nitrogens with zero attached hydrogens (tertiary/aromatic N) is 5. The summed E-state index contributed by atoms with van der Waals surface area (Å²) in [6.45, 7) is 2.23. The molecule has 2 aliphatic carbocycles. The first-order chi connectivity index (χ1) is 18.3. The van der Waals surface area contributed by atoms with Gasteiger partial charge < -0.3 is 0 Å². The number of benzene rings is 1. The van der Waals surface area contributed by atoms with Gasteiger partial charge >= 0.3 is 11.9 Å². The lowest BCUT2D eigenvalue weighted by Crippen LogP contribution is -2.23. The summed E-state index contributed by atoms with van der Waals surface area (Å²) in [6.07, 6.45) is 5.23. The molecular weight excluding hydrogens is 511 g/mol. The van der Waals surface area contributed by atoms with Crippen LogP contribution in [0.2, 0.25) is 0 Å². The van der Waals surface area contributed by atoms with E-state index in [0.717, 1.165) is 42.9 Å². The highest BCUT2D eigenvalue weighted by atomic mass is 32.1. The third kappa shape index (κ3) is 4.18. The smallest absolute Gasteiger partial charge is 0.298 e. The van der Waals surface area contributed by atoms with Crippen molar-refractivity contribution in [1.82, 2.24) is 24.1 Å². The summed E-state index contributed by atoms with van der Waals surface area (Å²) in [4.78, 5) is 15.8. The molecule has 1 atom stereocenters. The first kappa shape index (κ1) is 24.1. The molecule has 3 fully saturated rings. The molecule has 0 unspecified atom stereocenters. The number of aromatic nitrogens is 4. The number of rotatable bonds is 6. The Morgan fingerprint density at radius 1 is 1.13 bits per heavy atom. The van der Waals surface area contributed by atoms with E-state index >= 15 is 0 Å². The Hall–Kier alpha value is -2.98. The third-order valence-electron chi connectivity index (χ3n) is 8.78. The molecule has 10 heteroatoms. The van der Waals surface area contributed by atoms with Crippen LogP contribution in [-0.4, -0.2) is 37.2 Å². The zero-order valence-electron chi connectivity index (χ0n) is 20.8. The van der Waals surface area contributed by atoms with E-state index in [0.29, 0.717) is 29.1 Å². The molecule has 0 radical (unpaired) electrons. The minimum Gasteiger partial charge on any atom is -0.298 e. The zero-order valence-corrected chi connectivity index (χ0v) is 21.6. The van der Waals surface area contributed by atoms with Crippen molar-refractivity contribution in [2.75, 3.05) is 13.1 Å². The number of pyridine rings is 1. The third-order valence-corrected chi connectivity index (χ3v) is 9.56. The molecule has 3 aliphatic rings. The average molecular weight is 540 g/mol. The van der Waals surface area contributed by atoms with Crippen LogP contribution < -0.4 is 5.69 Å². The molecule has 198 valence electrons. The molecule has 1 aliphatic heterocycles. The normalized spacial score (nSPS) is 20.3. The highest BCUT2D eigenvalue weighted by Gasteiger charge is 2.47. The topological polar surface area (TPSA) is 55.4 Å². The van der Waals surface area contributed by atoms with Crippen molar-refractivity contribution in [2.45, 2.75) is 57.2 Å². The molecule has 2 saturated carbocycles. The number of halogens is 3. The van der Waals surface area contributed by atoms with Gasteiger partial charge in [0.2, 0.25) is 0 Å².